The number of hydrogen-bond donors (Lipinski definition) is 1. The van der Waals surface area contributed by atoms with Crippen molar-refractivity contribution in [1.29, 1.82) is 0 Å². The van der Waals surface area contributed by atoms with Crippen LogP contribution in [-0.4, -0.2) is 69.2 Å². The van der Waals surface area contributed by atoms with Crippen LogP contribution in [0.2, 0.25) is 0 Å². The van der Waals surface area contributed by atoms with Crippen molar-refractivity contribution in [1.82, 2.24) is 20.0 Å². The van der Waals surface area contributed by atoms with Crippen molar-refractivity contribution in [3.8, 4) is 10.4 Å². The van der Waals surface area contributed by atoms with Gasteiger partial charge in [-0.1, -0.05) is 16.6 Å². The maximum atomic E-state index is 14.9. The van der Waals surface area contributed by atoms with Gasteiger partial charge in [0.15, 0.2) is 5.13 Å². The predicted molar refractivity (Wildman–Crippen MR) is 110 cm³/mol. The number of nitrogens with zero attached hydrogens (tertiary/aromatic N) is 6. The van der Waals surface area contributed by atoms with Gasteiger partial charge in [-0.2, -0.15) is 0 Å². The first-order chi connectivity index (χ1) is 15.5. The molecule has 1 aromatic carbocycles. The standard InChI is InChI=1S/C19H17FN6O5S/c20-15-5-11(25-8-12(30-18(25)28)7-24-4-3-22-23-24)1-2-14(15)16-6-21-17(32-16)26-9-13(10-27)31-19(26)29/h1-6,12-13,27H,7-10H2/t12-,13+/m0/s1. The van der Waals surface area contributed by atoms with Crippen molar-refractivity contribution >= 4 is 34.3 Å². The second-order valence-electron chi connectivity index (χ2n) is 7.21. The molecular formula is C19H17FN6O5S. The molecule has 2 aliphatic rings. The normalized spacial score (nSPS) is 20.7. The van der Waals surface area contributed by atoms with Crippen LogP contribution < -0.4 is 9.80 Å². The van der Waals surface area contributed by atoms with Gasteiger partial charge >= 0.3 is 12.2 Å². The average Bonchev–Trinajstić information content (AvgIpc) is 3.56. The van der Waals surface area contributed by atoms with Crippen molar-refractivity contribution in [2.75, 3.05) is 29.5 Å². The molecule has 0 unspecified atom stereocenters. The SMILES string of the molecule is O=C1O[C@@H](Cn2ccnn2)CN1c1ccc(-c2cnc(N3C[C@H](CO)OC3=O)s2)c(F)c1. The summed E-state index contributed by atoms with van der Waals surface area (Å²) in [6.07, 6.45) is 2.46. The number of hydrogen-bond acceptors (Lipinski definition) is 9. The van der Waals surface area contributed by atoms with E-state index in [0.29, 0.717) is 22.2 Å². The summed E-state index contributed by atoms with van der Waals surface area (Å²) >= 11 is 1.13. The number of thiazole rings is 1. The fourth-order valence-electron chi connectivity index (χ4n) is 3.52. The first-order valence-electron chi connectivity index (χ1n) is 9.69. The van der Waals surface area contributed by atoms with Crippen LogP contribution in [0.4, 0.5) is 24.8 Å². The molecule has 11 nitrogen and oxygen atoms in total. The van der Waals surface area contributed by atoms with Crippen LogP contribution in [0.25, 0.3) is 10.4 Å². The van der Waals surface area contributed by atoms with E-state index in [0.717, 1.165) is 11.3 Å². The zero-order valence-electron chi connectivity index (χ0n) is 16.5. The lowest BCUT2D eigenvalue weighted by molar-refractivity contribution is 0.0963. The summed E-state index contributed by atoms with van der Waals surface area (Å²) in [5.74, 6) is -0.539. The molecular weight excluding hydrogens is 443 g/mol. The number of halogens is 1. The van der Waals surface area contributed by atoms with Gasteiger partial charge < -0.3 is 14.6 Å². The largest absolute Gasteiger partial charge is 0.442 e. The molecule has 4 heterocycles. The maximum Gasteiger partial charge on any atom is 0.416 e. The molecule has 2 aliphatic heterocycles. The molecule has 0 bridgehead atoms. The molecule has 166 valence electrons. The van der Waals surface area contributed by atoms with Crippen LogP contribution in [0.3, 0.4) is 0 Å². The number of ether oxygens (including phenoxy) is 2. The van der Waals surface area contributed by atoms with Gasteiger partial charge in [0.05, 0.1) is 43.0 Å². The first-order valence-corrected chi connectivity index (χ1v) is 10.5. The van der Waals surface area contributed by atoms with E-state index >= 15 is 0 Å². The Morgan fingerprint density at radius 2 is 1.94 bits per heavy atom. The van der Waals surface area contributed by atoms with Crippen molar-refractivity contribution in [3.63, 3.8) is 0 Å². The Balaban J connectivity index is 1.31. The zero-order chi connectivity index (χ0) is 22.2. The summed E-state index contributed by atoms with van der Waals surface area (Å²) in [6.45, 7) is 0.500. The molecule has 2 amide bonds. The molecule has 1 N–H and O–H groups in total. The summed E-state index contributed by atoms with van der Waals surface area (Å²) < 4.78 is 26.9. The van der Waals surface area contributed by atoms with E-state index in [9.17, 15) is 14.0 Å². The van der Waals surface area contributed by atoms with E-state index < -0.39 is 30.2 Å². The van der Waals surface area contributed by atoms with Gasteiger partial charge in [-0.3, -0.25) is 4.90 Å². The molecule has 2 aromatic heterocycles. The van der Waals surface area contributed by atoms with E-state index in [-0.39, 0.29) is 25.3 Å². The van der Waals surface area contributed by atoms with Gasteiger partial charge in [-0.15, -0.1) is 5.10 Å². The monoisotopic (exact) mass is 460 g/mol. The Morgan fingerprint density at radius 1 is 1.16 bits per heavy atom. The van der Waals surface area contributed by atoms with Gasteiger partial charge in [0, 0.05) is 18.0 Å². The van der Waals surface area contributed by atoms with Crippen molar-refractivity contribution in [2.24, 2.45) is 0 Å². The molecule has 2 saturated heterocycles. The lowest BCUT2D eigenvalue weighted by atomic mass is 10.1. The van der Waals surface area contributed by atoms with Crippen LogP contribution in [0.1, 0.15) is 0 Å². The third kappa shape index (κ3) is 3.76. The summed E-state index contributed by atoms with van der Waals surface area (Å²) in [7, 11) is 0. The highest BCUT2D eigenvalue weighted by Crippen LogP contribution is 2.36. The highest BCUT2D eigenvalue weighted by Gasteiger charge is 2.35. The molecule has 2 atom stereocenters. The molecule has 5 rings (SSSR count). The van der Waals surface area contributed by atoms with Gasteiger partial charge in [-0.25, -0.2) is 28.5 Å². The molecule has 0 radical (unpaired) electrons. The number of cyclic esters (lactones) is 2. The quantitative estimate of drug-likeness (QED) is 0.592. The molecule has 2 fully saturated rings. The van der Waals surface area contributed by atoms with Gasteiger partial charge in [0.2, 0.25) is 0 Å². The van der Waals surface area contributed by atoms with Gasteiger partial charge in [-0.05, 0) is 18.2 Å². The Hall–Kier alpha value is -3.58. The third-order valence-corrected chi connectivity index (χ3v) is 6.12. The second-order valence-corrected chi connectivity index (χ2v) is 8.22. The average molecular weight is 460 g/mol. The van der Waals surface area contributed by atoms with E-state index in [1.54, 1.807) is 23.0 Å². The zero-order valence-corrected chi connectivity index (χ0v) is 17.3. The highest BCUT2D eigenvalue weighted by atomic mass is 32.1. The number of anilines is 2. The number of benzene rings is 1. The second kappa shape index (κ2) is 8.16. The summed E-state index contributed by atoms with van der Waals surface area (Å²) in [6, 6.07) is 4.45. The fourth-order valence-corrected chi connectivity index (χ4v) is 4.47. The minimum absolute atomic E-state index is 0.177. The Bertz CT molecular complexity index is 1160. The Labute approximate surface area is 184 Å². The fraction of sp³-hybridized carbons (Fsp3) is 0.316. The predicted octanol–water partition coefficient (Wildman–Crippen LogP) is 1.88. The summed E-state index contributed by atoms with van der Waals surface area (Å²) in [5, 5.41) is 17.1. The topological polar surface area (TPSA) is 123 Å². The van der Waals surface area contributed by atoms with Crippen LogP contribution in [-0.2, 0) is 16.0 Å². The van der Waals surface area contributed by atoms with E-state index in [1.807, 2.05) is 0 Å². The third-order valence-electron chi connectivity index (χ3n) is 5.07. The van der Waals surface area contributed by atoms with Gasteiger partial charge in [0.25, 0.3) is 0 Å². The minimum Gasteiger partial charge on any atom is -0.442 e. The van der Waals surface area contributed by atoms with Crippen molar-refractivity contribution in [3.05, 3.63) is 42.6 Å². The Kier molecular flexibility index (Phi) is 5.19. The van der Waals surface area contributed by atoms with E-state index in [4.69, 9.17) is 14.6 Å². The van der Waals surface area contributed by atoms with Gasteiger partial charge in [0.1, 0.15) is 18.0 Å². The maximum absolute atomic E-state index is 14.9. The lowest BCUT2D eigenvalue weighted by Crippen LogP contribution is -2.26. The number of rotatable bonds is 6. The van der Waals surface area contributed by atoms with Crippen LogP contribution in [0.15, 0.2) is 36.8 Å². The van der Waals surface area contributed by atoms with Crippen molar-refractivity contribution in [2.45, 2.75) is 18.8 Å². The van der Waals surface area contributed by atoms with Crippen molar-refractivity contribution < 1.29 is 28.6 Å². The molecule has 3 aromatic rings. The molecule has 0 saturated carbocycles. The number of amides is 2. The van der Waals surface area contributed by atoms with Crippen LogP contribution in [0.5, 0.6) is 0 Å². The molecule has 0 spiro atoms. The molecule has 13 heteroatoms. The first kappa shape index (κ1) is 20.3. The summed E-state index contributed by atoms with van der Waals surface area (Å²) in [5.41, 5.74) is 0.659. The Morgan fingerprint density at radius 3 is 2.66 bits per heavy atom. The molecule has 32 heavy (non-hydrogen) atoms. The minimum atomic E-state index is -0.612. The number of aliphatic hydroxyl groups is 1. The summed E-state index contributed by atoms with van der Waals surface area (Å²) in [4.78, 5) is 31.6. The number of aliphatic hydroxyl groups excluding tert-OH is 1. The number of carbonyl (C=O) groups is 2. The van der Waals surface area contributed by atoms with Crippen LogP contribution in [0, 0.1) is 5.82 Å². The smallest absolute Gasteiger partial charge is 0.416 e. The van der Waals surface area contributed by atoms with E-state index in [2.05, 4.69) is 15.3 Å². The van der Waals surface area contributed by atoms with Crippen LogP contribution >= 0.6 is 11.3 Å². The highest BCUT2D eigenvalue weighted by molar-refractivity contribution is 7.19. The molecule has 0 aliphatic carbocycles. The lowest BCUT2D eigenvalue weighted by Gasteiger charge is -2.14. The number of carbonyl (C=O) groups excluding carboxylic acids is 2. The van der Waals surface area contributed by atoms with E-state index in [1.165, 1.54) is 28.3 Å². The number of aromatic nitrogens is 4.